The summed E-state index contributed by atoms with van der Waals surface area (Å²) >= 11 is 0. The summed E-state index contributed by atoms with van der Waals surface area (Å²) in [6, 6.07) is 6.23. The number of piperidine rings is 1. The Morgan fingerprint density at radius 1 is 1.23 bits per heavy atom. The van der Waals surface area contributed by atoms with Crippen LogP contribution in [-0.4, -0.2) is 44.0 Å². The molecule has 0 radical (unpaired) electrons. The van der Waals surface area contributed by atoms with Gasteiger partial charge in [-0.05, 0) is 69.2 Å². The first-order valence-electron chi connectivity index (χ1n) is 9.52. The number of β-amino-alcohol motifs (C(OH)–C–C–N with tert-alkyl or cyclic N) is 1. The van der Waals surface area contributed by atoms with E-state index < -0.39 is 5.60 Å². The minimum Gasteiger partial charge on any atom is -0.382 e. The normalized spacial score (nSPS) is 22.7. The number of benzene rings is 1. The molecule has 1 aromatic heterocycles. The summed E-state index contributed by atoms with van der Waals surface area (Å²) in [6.07, 6.45) is 6.48. The molecule has 6 heteroatoms. The van der Waals surface area contributed by atoms with Gasteiger partial charge in [-0.3, -0.25) is 4.79 Å². The molecule has 1 atom stereocenters. The maximum absolute atomic E-state index is 13.0. The van der Waals surface area contributed by atoms with E-state index in [9.17, 15) is 9.90 Å². The average molecular weight is 354 g/mol. The highest BCUT2D eigenvalue weighted by molar-refractivity contribution is 5.94. The van der Waals surface area contributed by atoms with Crippen molar-refractivity contribution >= 4 is 5.91 Å². The van der Waals surface area contributed by atoms with Crippen molar-refractivity contribution in [3.05, 3.63) is 46.8 Å². The maximum atomic E-state index is 13.0. The summed E-state index contributed by atoms with van der Waals surface area (Å²) in [6.45, 7) is 4.97. The van der Waals surface area contributed by atoms with E-state index in [1.165, 1.54) is 17.5 Å². The molecule has 0 bridgehead atoms. The number of carbonyl (C=O) groups is 1. The number of hydrogen-bond donors (Lipinski definition) is 1. The fraction of sp³-hybridized carbons (Fsp3) is 0.550. The van der Waals surface area contributed by atoms with E-state index in [4.69, 9.17) is 0 Å². The van der Waals surface area contributed by atoms with Crippen LogP contribution in [0.2, 0.25) is 0 Å². The van der Waals surface area contributed by atoms with Gasteiger partial charge in [-0.1, -0.05) is 11.3 Å². The third kappa shape index (κ3) is 3.03. The third-order valence-electron chi connectivity index (χ3n) is 5.62. The molecule has 26 heavy (non-hydrogen) atoms. The van der Waals surface area contributed by atoms with Crippen LogP contribution in [-0.2, 0) is 18.4 Å². The van der Waals surface area contributed by atoms with Crippen LogP contribution in [0, 0.1) is 0 Å². The van der Waals surface area contributed by atoms with E-state index in [0.29, 0.717) is 18.7 Å². The number of nitrogens with zero attached hydrogens (tertiary/aromatic N) is 4. The van der Waals surface area contributed by atoms with Gasteiger partial charge in [0.25, 0.3) is 5.91 Å². The van der Waals surface area contributed by atoms with Crippen LogP contribution in [0.4, 0.5) is 0 Å². The van der Waals surface area contributed by atoms with E-state index in [1.807, 2.05) is 26.0 Å². The van der Waals surface area contributed by atoms with Crippen molar-refractivity contribution < 1.29 is 9.90 Å². The molecule has 0 spiro atoms. The SMILES string of the molecule is CC(C)n1cc([C@@]2(O)CCCN(C(=O)c3ccc4c(c3)CCC4)C2)nn1. The second kappa shape index (κ2) is 6.50. The van der Waals surface area contributed by atoms with Crippen molar-refractivity contribution in [1.82, 2.24) is 19.9 Å². The summed E-state index contributed by atoms with van der Waals surface area (Å²) < 4.78 is 1.74. The molecule has 1 aliphatic carbocycles. The lowest BCUT2D eigenvalue weighted by Crippen LogP contribution is -2.48. The number of carbonyl (C=O) groups excluding carboxylic acids is 1. The minimum atomic E-state index is -1.13. The van der Waals surface area contributed by atoms with Crippen molar-refractivity contribution in [2.75, 3.05) is 13.1 Å². The Morgan fingerprint density at radius 2 is 2.04 bits per heavy atom. The molecule has 138 valence electrons. The standard InChI is InChI=1S/C20H26N4O2/c1-14(2)24-12-18(21-22-24)20(26)9-4-10-23(13-20)19(25)17-8-7-15-5-3-6-16(15)11-17/h7-8,11-12,14,26H,3-6,9-10,13H2,1-2H3/t20-/m1/s1. The first-order valence-corrected chi connectivity index (χ1v) is 9.52. The van der Waals surface area contributed by atoms with Crippen molar-refractivity contribution in [2.24, 2.45) is 0 Å². The van der Waals surface area contributed by atoms with Crippen LogP contribution >= 0.6 is 0 Å². The van der Waals surface area contributed by atoms with Gasteiger partial charge in [0.2, 0.25) is 0 Å². The third-order valence-corrected chi connectivity index (χ3v) is 5.62. The van der Waals surface area contributed by atoms with Gasteiger partial charge in [-0.15, -0.1) is 5.10 Å². The van der Waals surface area contributed by atoms with Gasteiger partial charge in [-0.2, -0.15) is 0 Å². The second-order valence-corrected chi connectivity index (χ2v) is 7.88. The number of aliphatic hydroxyl groups is 1. The Kier molecular flexibility index (Phi) is 4.31. The Labute approximate surface area is 153 Å². The van der Waals surface area contributed by atoms with Gasteiger partial charge in [0.15, 0.2) is 0 Å². The maximum Gasteiger partial charge on any atom is 0.253 e. The molecule has 2 aromatic rings. The molecule has 1 saturated heterocycles. The largest absolute Gasteiger partial charge is 0.382 e. The molecule has 6 nitrogen and oxygen atoms in total. The van der Waals surface area contributed by atoms with Gasteiger partial charge >= 0.3 is 0 Å². The molecule has 1 N–H and O–H groups in total. The first kappa shape index (κ1) is 17.2. The number of likely N-dealkylation sites (tertiary alicyclic amines) is 1. The van der Waals surface area contributed by atoms with Crippen LogP contribution in [0.5, 0.6) is 0 Å². The van der Waals surface area contributed by atoms with Crippen LogP contribution in [0.1, 0.15) is 66.3 Å². The highest BCUT2D eigenvalue weighted by Gasteiger charge is 2.39. The van der Waals surface area contributed by atoms with Crippen molar-refractivity contribution in [3.8, 4) is 0 Å². The number of amides is 1. The van der Waals surface area contributed by atoms with Crippen LogP contribution in [0.15, 0.2) is 24.4 Å². The highest BCUT2D eigenvalue weighted by Crippen LogP contribution is 2.31. The Balaban J connectivity index is 1.55. The predicted molar refractivity (Wildman–Crippen MR) is 97.9 cm³/mol. The topological polar surface area (TPSA) is 71.2 Å². The van der Waals surface area contributed by atoms with Gasteiger partial charge < -0.3 is 10.0 Å². The molecular formula is C20H26N4O2. The molecule has 2 aliphatic rings. The molecule has 1 aromatic carbocycles. The van der Waals surface area contributed by atoms with Gasteiger partial charge in [0.1, 0.15) is 11.3 Å². The molecule has 2 heterocycles. The highest BCUT2D eigenvalue weighted by atomic mass is 16.3. The van der Waals surface area contributed by atoms with Crippen molar-refractivity contribution in [3.63, 3.8) is 0 Å². The number of aryl methyl sites for hydroxylation is 2. The Bertz CT molecular complexity index is 829. The molecular weight excluding hydrogens is 328 g/mol. The molecule has 0 unspecified atom stereocenters. The number of rotatable bonds is 3. The summed E-state index contributed by atoms with van der Waals surface area (Å²) in [5, 5.41) is 19.4. The van der Waals surface area contributed by atoms with Gasteiger partial charge in [0, 0.05) is 18.2 Å². The van der Waals surface area contributed by atoms with Crippen LogP contribution < -0.4 is 0 Å². The van der Waals surface area contributed by atoms with E-state index in [0.717, 1.165) is 24.8 Å². The quantitative estimate of drug-likeness (QED) is 0.919. The summed E-state index contributed by atoms with van der Waals surface area (Å²) in [5.41, 5.74) is 2.81. The van der Waals surface area contributed by atoms with E-state index in [2.05, 4.69) is 16.4 Å². The summed E-state index contributed by atoms with van der Waals surface area (Å²) in [4.78, 5) is 14.8. The summed E-state index contributed by atoms with van der Waals surface area (Å²) in [7, 11) is 0. The van der Waals surface area contributed by atoms with E-state index in [-0.39, 0.29) is 18.5 Å². The Hall–Kier alpha value is -2.21. The molecule has 0 saturated carbocycles. The second-order valence-electron chi connectivity index (χ2n) is 7.88. The fourth-order valence-corrected chi connectivity index (χ4v) is 4.05. The summed E-state index contributed by atoms with van der Waals surface area (Å²) in [5.74, 6) is -0.00548. The van der Waals surface area contributed by atoms with Gasteiger partial charge in [0.05, 0.1) is 12.7 Å². The zero-order valence-corrected chi connectivity index (χ0v) is 15.5. The van der Waals surface area contributed by atoms with Crippen LogP contribution in [0.3, 0.4) is 0 Å². The van der Waals surface area contributed by atoms with Crippen molar-refractivity contribution in [1.29, 1.82) is 0 Å². The van der Waals surface area contributed by atoms with E-state index in [1.54, 1.807) is 15.8 Å². The Morgan fingerprint density at radius 3 is 2.81 bits per heavy atom. The monoisotopic (exact) mass is 354 g/mol. The molecule has 1 aliphatic heterocycles. The molecule has 4 rings (SSSR count). The number of hydrogen-bond acceptors (Lipinski definition) is 4. The lowest BCUT2D eigenvalue weighted by molar-refractivity contribution is -0.0320. The van der Waals surface area contributed by atoms with Crippen LogP contribution in [0.25, 0.3) is 0 Å². The average Bonchev–Trinajstić information content (AvgIpc) is 3.30. The van der Waals surface area contributed by atoms with Crippen molar-refractivity contribution in [2.45, 2.75) is 57.6 Å². The number of fused-ring (bicyclic) bond motifs is 1. The lowest BCUT2D eigenvalue weighted by Gasteiger charge is -2.38. The predicted octanol–water partition coefficient (Wildman–Crippen LogP) is 2.47. The minimum absolute atomic E-state index is 0.00548. The van der Waals surface area contributed by atoms with E-state index >= 15 is 0 Å². The number of aromatic nitrogens is 3. The zero-order valence-electron chi connectivity index (χ0n) is 15.5. The smallest absolute Gasteiger partial charge is 0.253 e. The zero-order chi connectivity index (χ0) is 18.3. The molecule has 1 amide bonds. The fourth-order valence-electron chi connectivity index (χ4n) is 4.05. The molecule has 1 fully saturated rings. The lowest BCUT2D eigenvalue weighted by atomic mass is 9.89. The first-order chi connectivity index (χ1) is 12.5. The van der Waals surface area contributed by atoms with Gasteiger partial charge in [-0.25, -0.2) is 4.68 Å².